The van der Waals surface area contributed by atoms with Gasteiger partial charge in [0.05, 0.1) is 6.54 Å². The third-order valence-corrected chi connectivity index (χ3v) is 4.46. The second kappa shape index (κ2) is 9.46. The molecule has 1 atom stereocenters. The summed E-state index contributed by atoms with van der Waals surface area (Å²) < 4.78 is 70.7. The van der Waals surface area contributed by atoms with Gasteiger partial charge in [0, 0.05) is 29.9 Å². The van der Waals surface area contributed by atoms with E-state index in [1.807, 2.05) is 5.32 Å². The number of carbonyl (C=O) groups is 1. The van der Waals surface area contributed by atoms with E-state index < -0.39 is 42.3 Å². The maximum absolute atomic E-state index is 13.6. The van der Waals surface area contributed by atoms with Gasteiger partial charge in [0.1, 0.15) is 5.52 Å². The van der Waals surface area contributed by atoms with Crippen molar-refractivity contribution < 1.29 is 36.6 Å². The van der Waals surface area contributed by atoms with Gasteiger partial charge in [0.15, 0.2) is 5.75 Å². The maximum atomic E-state index is 13.6. The standard InChI is InChI=1S/C20H22F5N3O3/c1-4-5-15(26-3)19(30,20(23,24)25)10-28-17(29)13-7-12-6-11(2)9-27-16(12)14(8-13)31-18(21)22/h5-9,18,26,30H,4,10H2,1-3H3,(H,28,29)/b15-5-/t19-/m0/s1. The lowest BCUT2D eigenvalue weighted by molar-refractivity contribution is -0.242. The summed E-state index contributed by atoms with van der Waals surface area (Å²) in [7, 11) is 1.21. The van der Waals surface area contributed by atoms with Crippen LogP contribution in [0.25, 0.3) is 10.9 Å². The lowest BCUT2D eigenvalue weighted by Gasteiger charge is -2.33. The van der Waals surface area contributed by atoms with E-state index in [0.717, 1.165) is 12.1 Å². The molecule has 0 bridgehead atoms. The van der Waals surface area contributed by atoms with Crippen LogP contribution in [0.5, 0.6) is 5.75 Å². The number of nitrogens with one attached hydrogen (secondary N) is 2. The molecule has 1 aromatic carbocycles. The zero-order valence-electron chi connectivity index (χ0n) is 17.0. The van der Waals surface area contributed by atoms with Gasteiger partial charge in [-0.05, 0) is 37.1 Å². The van der Waals surface area contributed by atoms with Gasteiger partial charge in [-0.25, -0.2) is 0 Å². The van der Waals surface area contributed by atoms with Crippen LogP contribution in [0.4, 0.5) is 22.0 Å². The molecule has 1 heterocycles. The number of rotatable bonds is 8. The smallest absolute Gasteiger partial charge is 0.424 e. The van der Waals surface area contributed by atoms with Gasteiger partial charge in [-0.3, -0.25) is 9.78 Å². The third-order valence-electron chi connectivity index (χ3n) is 4.46. The first-order valence-corrected chi connectivity index (χ1v) is 9.23. The van der Waals surface area contributed by atoms with Gasteiger partial charge in [-0.15, -0.1) is 0 Å². The van der Waals surface area contributed by atoms with Crippen molar-refractivity contribution in [1.82, 2.24) is 15.6 Å². The molecule has 0 saturated carbocycles. The Bertz CT molecular complexity index is 978. The number of likely N-dealkylation sites (N-methyl/N-ethyl adjacent to an activating group) is 1. The molecule has 170 valence electrons. The molecule has 31 heavy (non-hydrogen) atoms. The first-order valence-electron chi connectivity index (χ1n) is 9.23. The van der Waals surface area contributed by atoms with E-state index in [-0.39, 0.29) is 22.9 Å². The summed E-state index contributed by atoms with van der Waals surface area (Å²) in [6, 6.07) is 3.81. The van der Waals surface area contributed by atoms with Crippen molar-refractivity contribution in [3.8, 4) is 5.75 Å². The van der Waals surface area contributed by atoms with Gasteiger partial charge in [0.2, 0.25) is 5.60 Å². The zero-order chi connectivity index (χ0) is 23.4. The van der Waals surface area contributed by atoms with Crippen LogP contribution in [-0.2, 0) is 0 Å². The predicted octanol–water partition coefficient (Wildman–Crippen LogP) is 3.68. The van der Waals surface area contributed by atoms with Crippen molar-refractivity contribution in [2.45, 2.75) is 38.7 Å². The average Bonchev–Trinajstić information content (AvgIpc) is 2.68. The Labute approximate surface area is 175 Å². The van der Waals surface area contributed by atoms with Crippen molar-refractivity contribution in [2.24, 2.45) is 0 Å². The fraction of sp³-hybridized carbons (Fsp3) is 0.400. The summed E-state index contributed by atoms with van der Waals surface area (Å²) in [6.45, 7) is -1.12. The molecular formula is C20H22F5N3O3. The molecule has 6 nitrogen and oxygen atoms in total. The van der Waals surface area contributed by atoms with Crippen LogP contribution in [0.15, 0.2) is 36.2 Å². The minimum Gasteiger partial charge on any atom is -0.432 e. The minimum atomic E-state index is -5.10. The summed E-state index contributed by atoms with van der Waals surface area (Å²) in [6.07, 6.45) is -2.32. The largest absolute Gasteiger partial charge is 0.432 e. The van der Waals surface area contributed by atoms with E-state index >= 15 is 0 Å². The van der Waals surface area contributed by atoms with Crippen LogP contribution in [-0.4, -0.2) is 48.0 Å². The Morgan fingerprint density at radius 2 is 1.97 bits per heavy atom. The molecule has 0 aliphatic heterocycles. The highest BCUT2D eigenvalue weighted by molar-refractivity contribution is 6.00. The number of alkyl halides is 5. The quantitative estimate of drug-likeness (QED) is 0.538. The summed E-state index contributed by atoms with van der Waals surface area (Å²) in [4.78, 5) is 16.6. The lowest BCUT2D eigenvalue weighted by atomic mass is 9.97. The first kappa shape index (κ1) is 24.3. The molecule has 0 fully saturated rings. The highest BCUT2D eigenvalue weighted by Gasteiger charge is 2.56. The van der Waals surface area contributed by atoms with Gasteiger partial charge in [0.25, 0.3) is 5.91 Å². The molecule has 3 N–H and O–H groups in total. The lowest BCUT2D eigenvalue weighted by Crippen LogP contribution is -2.57. The molecule has 0 aliphatic rings. The first-order chi connectivity index (χ1) is 14.4. The number of allylic oxidation sites excluding steroid dienone is 1. The third kappa shape index (κ3) is 5.40. The fourth-order valence-corrected chi connectivity index (χ4v) is 2.98. The second-order valence-electron chi connectivity index (χ2n) is 6.75. The predicted molar refractivity (Wildman–Crippen MR) is 104 cm³/mol. The van der Waals surface area contributed by atoms with Crippen molar-refractivity contribution in [1.29, 1.82) is 0 Å². The number of fused-ring (bicyclic) bond motifs is 1. The van der Waals surface area contributed by atoms with Crippen molar-refractivity contribution in [2.75, 3.05) is 13.6 Å². The summed E-state index contributed by atoms with van der Waals surface area (Å²) in [5, 5.41) is 14.9. The van der Waals surface area contributed by atoms with Crippen LogP contribution in [0.1, 0.15) is 29.3 Å². The summed E-state index contributed by atoms with van der Waals surface area (Å²) in [5.74, 6) is -1.41. The van der Waals surface area contributed by atoms with Crippen molar-refractivity contribution in [3.63, 3.8) is 0 Å². The normalized spacial score (nSPS) is 14.5. The van der Waals surface area contributed by atoms with E-state index in [1.165, 1.54) is 19.3 Å². The molecule has 1 amide bonds. The van der Waals surface area contributed by atoms with Crippen LogP contribution in [0.2, 0.25) is 0 Å². The SMILES string of the molecule is CC/C=C(\NC)[C@@](O)(CNC(=O)c1cc(OC(F)F)c2ncc(C)cc2c1)C(F)(F)F. The number of aryl methyl sites for hydroxylation is 1. The zero-order valence-corrected chi connectivity index (χ0v) is 17.0. The van der Waals surface area contributed by atoms with Crippen molar-refractivity contribution >= 4 is 16.8 Å². The Hall–Kier alpha value is -2.95. The molecule has 0 saturated heterocycles. The van der Waals surface area contributed by atoms with Crippen LogP contribution in [0, 0.1) is 6.92 Å². The van der Waals surface area contributed by atoms with Crippen molar-refractivity contribution in [3.05, 3.63) is 47.3 Å². The Morgan fingerprint density at radius 1 is 1.29 bits per heavy atom. The molecule has 0 unspecified atom stereocenters. The van der Waals surface area contributed by atoms with Gasteiger partial charge < -0.3 is 20.5 Å². The number of hydrogen-bond acceptors (Lipinski definition) is 5. The molecule has 1 aromatic heterocycles. The molecule has 2 aromatic rings. The minimum absolute atomic E-state index is 0.0672. The monoisotopic (exact) mass is 447 g/mol. The number of nitrogens with zero attached hydrogens (tertiary/aromatic N) is 1. The molecule has 0 radical (unpaired) electrons. The number of halogens is 5. The molecule has 0 spiro atoms. The van der Waals surface area contributed by atoms with Gasteiger partial charge >= 0.3 is 12.8 Å². The van der Waals surface area contributed by atoms with Crippen LogP contribution in [0.3, 0.4) is 0 Å². The average molecular weight is 447 g/mol. The molecule has 11 heteroatoms. The number of hydrogen-bond donors (Lipinski definition) is 3. The summed E-state index contributed by atoms with van der Waals surface area (Å²) in [5.41, 5.74) is -3.39. The van der Waals surface area contributed by atoms with E-state index in [0.29, 0.717) is 5.56 Å². The number of aromatic nitrogens is 1. The van der Waals surface area contributed by atoms with Gasteiger partial charge in [-0.2, -0.15) is 22.0 Å². The Balaban J connectivity index is 2.41. The Morgan fingerprint density at radius 3 is 2.52 bits per heavy atom. The number of benzene rings is 1. The van der Waals surface area contributed by atoms with Crippen LogP contribution >= 0.6 is 0 Å². The number of carbonyl (C=O) groups excluding carboxylic acids is 1. The highest BCUT2D eigenvalue weighted by atomic mass is 19.4. The van der Waals surface area contributed by atoms with E-state index in [2.05, 4.69) is 15.0 Å². The number of aliphatic hydroxyl groups is 1. The van der Waals surface area contributed by atoms with Gasteiger partial charge in [-0.1, -0.05) is 13.0 Å². The number of ether oxygens (including phenoxy) is 1. The Kier molecular flexibility index (Phi) is 7.42. The number of amides is 1. The van der Waals surface area contributed by atoms with E-state index in [9.17, 15) is 31.9 Å². The van der Waals surface area contributed by atoms with Crippen LogP contribution < -0.4 is 15.4 Å². The molecule has 0 aliphatic carbocycles. The van der Waals surface area contributed by atoms with E-state index in [1.54, 1.807) is 19.9 Å². The molecular weight excluding hydrogens is 425 g/mol. The topological polar surface area (TPSA) is 83.5 Å². The molecule has 2 rings (SSSR count). The second-order valence-corrected chi connectivity index (χ2v) is 6.75. The van der Waals surface area contributed by atoms with E-state index in [4.69, 9.17) is 0 Å². The maximum Gasteiger partial charge on any atom is 0.424 e. The number of pyridine rings is 1. The summed E-state index contributed by atoms with van der Waals surface area (Å²) >= 11 is 0. The fourth-order valence-electron chi connectivity index (χ4n) is 2.98. The highest BCUT2D eigenvalue weighted by Crippen LogP contribution is 2.35.